The molecule has 0 saturated heterocycles. The molecular weight excluding hydrogens is 345 g/mol. The Hall–Kier alpha value is -1.82. The van der Waals surface area contributed by atoms with Crippen molar-refractivity contribution >= 4 is 40.1 Å². The van der Waals surface area contributed by atoms with Gasteiger partial charge in [-0.25, -0.2) is 0 Å². The second-order valence-electron chi connectivity index (χ2n) is 3.70. The van der Waals surface area contributed by atoms with Crippen LogP contribution in [-0.4, -0.2) is 29.8 Å². The van der Waals surface area contributed by atoms with E-state index in [0.717, 1.165) is 4.90 Å². The number of nitro groups is 1. The van der Waals surface area contributed by atoms with Crippen LogP contribution < -0.4 is 4.46 Å². The predicted molar refractivity (Wildman–Crippen MR) is 77.7 cm³/mol. The molecule has 2 aromatic rings. The maximum atomic E-state index is 11.2. The Morgan fingerprint density at radius 3 is 2.45 bits per heavy atom. The van der Waals surface area contributed by atoms with Crippen LogP contribution in [0.1, 0.15) is 10.4 Å². The van der Waals surface area contributed by atoms with E-state index in [-0.39, 0.29) is 11.3 Å². The Labute approximate surface area is 124 Å². The molecule has 0 aliphatic carbocycles. The van der Waals surface area contributed by atoms with Gasteiger partial charge in [-0.3, -0.25) is 0 Å². The summed E-state index contributed by atoms with van der Waals surface area (Å²) in [6, 6.07) is 13.5. The van der Waals surface area contributed by atoms with Gasteiger partial charge in [0.15, 0.2) is 0 Å². The van der Waals surface area contributed by atoms with Crippen molar-refractivity contribution in [3.8, 4) is 0 Å². The molecule has 102 valence electrons. The van der Waals surface area contributed by atoms with Gasteiger partial charge in [0.05, 0.1) is 0 Å². The van der Waals surface area contributed by atoms with E-state index < -0.39 is 24.7 Å². The number of carboxylic acid groups (broad SMARTS) is 1. The summed E-state index contributed by atoms with van der Waals surface area (Å²) in [5, 5.41) is 20.2. The number of aromatic carboxylic acids is 1. The van der Waals surface area contributed by atoms with Crippen molar-refractivity contribution in [1.29, 1.82) is 0 Å². The van der Waals surface area contributed by atoms with Gasteiger partial charge < -0.3 is 0 Å². The zero-order valence-corrected chi connectivity index (χ0v) is 12.6. The van der Waals surface area contributed by atoms with Gasteiger partial charge in [-0.2, -0.15) is 0 Å². The molecule has 0 amide bonds. The van der Waals surface area contributed by atoms with Gasteiger partial charge in [0.25, 0.3) is 0 Å². The van der Waals surface area contributed by atoms with Crippen molar-refractivity contribution in [1.82, 2.24) is 0 Å². The van der Waals surface area contributed by atoms with Crippen LogP contribution in [-0.2, 0) is 0 Å². The Bertz CT molecular complexity index is 616. The molecule has 0 heterocycles. The molecule has 0 radical (unpaired) electrons. The van der Waals surface area contributed by atoms with E-state index in [2.05, 4.69) is 0 Å². The summed E-state index contributed by atoms with van der Waals surface area (Å²) in [6.45, 7) is 0. The van der Waals surface area contributed by atoms with Crippen LogP contribution in [0.4, 0.5) is 5.69 Å². The van der Waals surface area contributed by atoms with E-state index in [9.17, 15) is 14.9 Å². The number of nitrogens with zero attached hydrogens (tertiary/aromatic N) is 1. The zero-order valence-electron chi connectivity index (χ0n) is 10.1. The molecule has 0 spiro atoms. The summed E-state index contributed by atoms with van der Waals surface area (Å²) >= 11 is -0.390. The molecule has 0 aliphatic heterocycles. The van der Waals surface area contributed by atoms with Crippen molar-refractivity contribution < 1.29 is 14.8 Å². The van der Waals surface area contributed by atoms with Crippen molar-refractivity contribution in [2.24, 2.45) is 0 Å². The van der Waals surface area contributed by atoms with Gasteiger partial charge >= 0.3 is 124 Å². The first-order chi connectivity index (χ1) is 9.59. The molecule has 0 saturated carbocycles. The third-order valence-electron chi connectivity index (χ3n) is 2.39. The summed E-state index contributed by atoms with van der Waals surface area (Å²) in [5.74, 6) is -1.14. The molecule has 2 rings (SSSR count). The SMILES string of the molecule is O=C(O)c1cccc([N+](=O)[O-])c1[Se]Sc1ccccc1. The first kappa shape index (κ1) is 14.6. The van der Waals surface area contributed by atoms with E-state index in [1.54, 1.807) is 0 Å². The van der Waals surface area contributed by atoms with Crippen LogP contribution in [0.2, 0.25) is 0 Å². The summed E-state index contributed by atoms with van der Waals surface area (Å²) < 4.78 is 0.298. The quantitative estimate of drug-likeness (QED) is 0.506. The fraction of sp³-hybridized carbons (Fsp3) is 0. The fourth-order valence-electron chi connectivity index (χ4n) is 1.49. The Morgan fingerprint density at radius 2 is 1.85 bits per heavy atom. The Morgan fingerprint density at radius 1 is 1.15 bits per heavy atom. The molecule has 0 unspecified atom stereocenters. The predicted octanol–water partition coefficient (Wildman–Crippen LogP) is 2.33. The van der Waals surface area contributed by atoms with Crippen LogP contribution >= 0.6 is 10.2 Å². The molecule has 0 atom stereocenters. The van der Waals surface area contributed by atoms with Crippen molar-refractivity contribution in [3.05, 3.63) is 64.2 Å². The van der Waals surface area contributed by atoms with Gasteiger partial charge in [-0.05, 0) is 0 Å². The van der Waals surface area contributed by atoms with Crippen LogP contribution in [0, 0.1) is 10.1 Å². The minimum absolute atomic E-state index is 0.00244. The van der Waals surface area contributed by atoms with E-state index in [1.807, 2.05) is 30.3 Å². The second kappa shape index (κ2) is 6.56. The molecule has 20 heavy (non-hydrogen) atoms. The monoisotopic (exact) mass is 355 g/mol. The standard InChI is InChI=1S/C13H9NO4SSe/c15-13(16)10-7-4-8-11(14(17)18)12(10)20-19-9-5-2-1-3-6-9/h1-8H,(H,15,16). The third kappa shape index (κ3) is 3.39. The number of rotatable bonds is 5. The Kier molecular flexibility index (Phi) is 4.79. The summed E-state index contributed by atoms with van der Waals surface area (Å²) in [6.07, 6.45) is 0. The van der Waals surface area contributed by atoms with Crippen LogP contribution in [0.5, 0.6) is 0 Å². The fourth-order valence-corrected chi connectivity index (χ4v) is 5.67. The van der Waals surface area contributed by atoms with E-state index >= 15 is 0 Å². The molecule has 2 aromatic carbocycles. The molecule has 1 N–H and O–H groups in total. The molecule has 7 heteroatoms. The van der Waals surface area contributed by atoms with Crippen molar-refractivity contribution in [3.63, 3.8) is 0 Å². The number of benzene rings is 2. The molecule has 5 nitrogen and oxygen atoms in total. The van der Waals surface area contributed by atoms with E-state index in [1.165, 1.54) is 28.4 Å². The molecule has 0 fully saturated rings. The van der Waals surface area contributed by atoms with Crippen molar-refractivity contribution in [2.75, 3.05) is 0 Å². The van der Waals surface area contributed by atoms with Crippen LogP contribution in [0.15, 0.2) is 53.4 Å². The Balaban J connectivity index is 2.33. The number of hydrogen-bond acceptors (Lipinski definition) is 4. The summed E-state index contributed by atoms with van der Waals surface area (Å²) in [4.78, 5) is 22.6. The van der Waals surface area contributed by atoms with Crippen LogP contribution in [0.25, 0.3) is 0 Å². The number of hydrogen-bond donors (Lipinski definition) is 1. The first-order valence-electron chi connectivity index (χ1n) is 5.50. The number of nitro benzene ring substituents is 1. The number of carboxylic acids is 1. The van der Waals surface area contributed by atoms with E-state index in [0.29, 0.717) is 4.46 Å². The topological polar surface area (TPSA) is 80.4 Å². The van der Waals surface area contributed by atoms with Gasteiger partial charge in [0.1, 0.15) is 0 Å². The van der Waals surface area contributed by atoms with Gasteiger partial charge in [-0.15, -0.1) is 0 Å². The average Bonchev–Trinajstić information content (AvgIpc) is 2.45. The summed E-state index contributed by atoms with van der Waals surface area (Å²) in [5.41, 5.74) is -0.129. The normalized spacial score (nSPS) is 10.2. The molecule has 0 aliphatic rings. The molecule has 0 bridgehead atoms. The van der Waals surface area contributed by atoms with Gasteiger partial charge in [0.2, 0.25) is 0 Å². The summed E-state index contributed by atoms with van der Waals surface area (Å²) in [7, 11) is 1.43. The third-order valence-corrected chi connectivity index (χ3v) is 6.79. The first-order valence-corrected chi connectivity index (χ1v) is 9.19. The van der Waals surface area contributed by atoms with Gasteiger partial charge in [-0.1, -0.05) is 0 Å². The van der Waals surface area contributed by atoms with Crippen LogP contribution in [0.3, 0.4) is 0 Å². The maximum absolute atomic E-state index is 11.2. The zero-order chi connectivity index (χ0) is 14.5. The number of carbonyl (C=O) groups is 1. The van der Waals surface area contributed by atoms with E-state index in [4.69, 9.17) is 5.11 Å². The molecule has 0 aromatic heterocycles. The van der Waals surface area contributed by atoms with Gasteiger partial charge in [0, 0.05) is 0 Å². The average molecular weight is 354 g/mol. The second-order valence-corrected chi connectivity index (χ2v) is 7.46. The minimum atomic E-state index is -1.14. The molecular formula is C13H9NO4SSe. The van der Waals surface area contributed by atoms with Crippen molar-refractivity contribution in [2.45, 2.75) is 4.90 Å².